The Kier molecular flexibility index (Phi) is 2.07. The Balaban J connectivity index is 2.11. The van der Waals surface area contributed by atoms with E-state index in [4.69, 9.17) is 0 Å². The Labute approximate surface area is 94.6 Å². The summed E-state index contributed by atoms with van der Waals surface area (Å²) in [5.41, 5.74) is 2.29. The Morgan fingerprint density at radius 1 is 1.38 bits per heavy atom. The summed E-state index contributed by atoms with van der Waals surface area (Å²) < 4.78 is 2.98. The molecule has 0 saturated heterocycles. The summed E-state index contributed by atoms with van der Waals surface area (Å²) in [6.45, 7) is 0.477. The number of aromatic nitrogens is 4. The zero-order chi connectivity index (χ0) is 11.0. The van der Waals surface area contributed by atoms with Crippen LogP contribution in [-0.2, 0) is 6.54 Å². The van der Waals surface area contributed by atoms with Crippen molar-refractivity contribution >= 4 is 17.0 Å². The van der Waals surface area contributed by atoms with Gasteiger partial charge in [-0.05, 0) is 12.1 Å². The zero-order valence-electron chi connectivity index (χ0n) is 8.28. The number of rotatable bonds is 2. The molecule has 0 unspecified atom stereocenters. The van der Waals surface area contributed by atoms with Crippen LogP contribution in [-0.4, -0.2) is 19.2 Å². The third kappa shape index (κ3) is 1.43. The van der Waals surface area contributed by atoms with Crippen LogP contribution in [0.25, 0.3) is 5.65 Å². The summed E-state index contributed by atoms with van der Waals surface area (Å²) in [5, 5.41) is 4.23. The molecular formula is C10H8N4OS. The number of fused-ring (bicyclic) bond motifs is 1. The van der Waals surface area contributed by atoms with Gasteiger partial charge >= 0.3 is 5.69 Å². The van der Waals surface area contributed by atoms with Crippen LogP contribution in [0.5, 0.6) is 0 Å². The molecule has 0 aromatic carbocycles. The summed E-state index contributed by atoms with van der Waals surface area (Å²) in [7, 11) is 0. The van der Waals surface area contributed by atoms with Gasteiger partial charge in [0.05, 0.1) is 12.1 Å². The van der Waals surface area contributed by atoms with E-state index in [0.717, 1.165) is 4.88 Å². The first-order chi connectivity index (χ1) is 7.84. The van der Waals surface area contributed by atoms with E-state index < -0.39 is 0 Å². The molecule has 3 aromatic rings. The van der Waals surface area contributed by atoms with Crippen LogP contribution in [0.3, 0.4) is 0 Å². The van der Waals surface area contributed by atoms with Crippen molar-refractivity contribution in [1.82, 2.24) is 19.2 Å². The second-order valence-corrected chi connectivity index (χ2v) is 4.31. The lowest BCUT2D eigenvalue weighted by molar-refractivity contribution is 0.665. The van der Waals surface area contributed by atoms with E-state index in [1.165, 1.54) is 20.4 Å². The minimum absolute atomic E-state index is 0.121. The minimum Gasteiger partial charge on any atom is -0.253 e. The van der Waals surface area contributed by atoms with Crippen molar-refractivity contribution in [3.8, 4) is 0 Å². The molecule has 80 valence electrons. The van der Waals surface area contributed by atoms with E-state index >= 15 is 0 Å². The van der Waals surface area contributed by atoms with Gasteiger partial charge in [-0.25, -0.2) is 9.48 Å². The lowest BCUT2D eigenvalue weighted by atomic mass is 10.5. The molecule has 5 nitrogen and oxygen atoms in total. The van der Waals surface area contributed by atoms with Crippen LogP contribution in [0, 0.1) is 0 Å². The molecule has 3 heterocycles. The van der Waals surface area contributed by atoms with Gasteiger partial charge in [-0.1, -0.05) is 6.07 Å². The van der Waals surface area contributed by atoms with Crippen LogP contribution >= 0.6 is 11.3 Å². The first kappa shape index (κ1) is 9.29. The average Bonchev–Trinajstić information content (AvgIpc) is 2.90. The van der Waals surface area contributed by atoms with Gasteiger partial charge < -0.3 is 0 Å². The molecule has 0 saturated carbocycles. The first-order valence-corrected chi connectivity index (χ1v) is 5.64. The third-order valence-electron chi connectivity index (χ3n) is 2.28. The Hall–Kier alpha value is -1.95. The summed E-state index contributed by atoms with van der Waals surface area (Å²) in [4.78, 5) is 16.9. The van der Waals surface area contributed by atoms with Crippen molar-refractivity contribution in [2.45, 2.75) is 6.54 Å². The highest BCUT2D eigenvalue weighted by Gasteiger charge is 2.06. The molecule has 16 heavy (non-hydrogen) atoms. The van der Waals surface area contributed by atoms with Crippen molar-refractivity contribution in [3.63, 3.8) is 0 Å². The van der Waals surface area contributed by atoms with Crippen LogP contribution in [0.15, 0.2) is 40.9 Å². The SMILES string of the molecule is O=c1n(Cc2cncs2)nc2ccccn12. The van der Waals surface area contributed by atoms with Crippen LogP contribution in [0.2, 0.25) is 0 Å². The summed E-state index contributed by atoms with van der Waals surface area (Å²) >= 11 is 1.52. The van der Waals surface area contributed by atoms with Gasteiger partial charge in [0.1, 0.15) is 0 Å². The summed E-state index contributed by atoms with van der Waals surface area (Å²) in [6.07, 6.45) is 3.47. The smallest absolute Gasteiger partial charge is 0.253 e. The van der Waals surface area contributed by atoms with E-state index in [2.05, 4.69) is 10.1 Å². The van der Waals surface area contributed by atoms with Crippen molar-refractivity contribution < 1.29 is 0 Å². The Morgan fingerprint density at radius 2 is 2.31 bits per heavy atom. The summed E-state index contributed by atoms with van der Waals surface area (Å²) in [6, 6.07) is 5.48. The van der Waals surface area contributed by atoms with E-state index in [9.17, 15) is 4.79 Å². The van der Waals surface area contributed by atoms with Crippen LogP contribution in [0.4, 0.5) is 0 Å². The highest BCUT2D eigenvalue weighted by molar-refractivity contribution is 7.09. The van der Waals surface area contributed by atoms with E-state index in [1.54, 1.807) is 17.9 Å². The Bertz CT molecular complexity index is 668. The first-order valence-electron chi connectivity index (χ1n) is 4.76. The minimum atomic E-state index is -0.121. The van der Waals surface area contributed by atoms with Gasteiger partial charge in [0.25, 0.3) is 0 Å². The van der Waals surface area contributed by atoms with Gasteiger partial charge in [-0.2, -0.15) is 0 Å². The van der Waals surface area contributed by atoms with Crippen LogP contribution < -0.4 is 5.69 Å². The van der Waals surface area contributed by atoms with Crippen molar-refractivity contribution in [1.29, 1.82) is 0 Å². The van der Waals surface area contributed by atoms with Crippen molar-refractivity contribution in [2.75, 3.05) is 0 Å². The standard InChI is InChI=1S/C10H8N4OS/c15-10-13-4-2-1-3-9(13)12-14(10)6-8-5-11-7-16-8/h1-5,7H,6H2. The van der Waals surface area contributed by atoms with Gasteiger partial charge in [-0.3, -0.25) is 9.38 Å². The number of thiazole rings is 1. The molecule has 0 radical (unpaired) electrons. The molecule has 0 fully saturated rings. The molecule has 0 N–H and O–H groups in total. The molecular weight excluding hydrogens is 224 g/mol. The fourth-order valence-electron chi connectivity index (χ4n) is 1.54. The number of hydrogen-bond acceptors (Lipinski definition) is 4. The van der Waals surface area contributed by atoms with Gasteiger partial charge in [0.15, 0.2) is 5.65 Å². The van der Waals surface area contributed by atoms with Gasteiger partial charge in [0.2, 0.25) is 0 Å². The normalized spacial score (nSPS) is 11.0. The molecule has 6 heteroatoms. The fraction of sp³-hybridized carbons (Fsp3) is 0.100. The highest BCUT2D eigenvalue weighted by atomic mass is 32.1. The maximum absolute atomic E-state index is 11.9. The third-order valence-corrected chi connectivity index (χ3v) is 3.04. The zero-order valence-corrected chi connectivity index (χ0v) is 9.09. The largest absolute Gasteiger partial charge is 0.350 e. The summed E-state index contributed by atoms with van der Waals surface area (Å²) in [5.74, 6) is 0. The topological polar surface area (TPSA) is 52.2 Å². The fourth-order valence-corrected chi connectivity index (χ4v) is 2.11. The molecule has 3 rings (SSSR count). The molecule has 0 aliphatic rings. The van der Waals surface area contributed by atoms with Gasteiger partial charge in [-0.15, -0.1) is 16.4 Å². The second kappa shape index (κ2) is 3.57. The second-order valence-electron chi connectivity index (χ2n) is 3.34. The quantitative estimate of drug-likeness (QED) is 0.662. The maximum Gasteiger partial charge on any atom is 0.350 e. The van der Waals surface area contributed by atoms with Crippen molar-refractivity contribution in [3.05, 3.63) is 51.5 Å². The lowest BCUT2D eigenvalue weighted by Gasteiger charge is -1.93. The molecule has 0 spiro atoms. The van der Waals surface area contributed by atoms with Gasteiger partial charge in [0, 0.05) is 17.3 Å². The highest BCUT2D eigenvalue weighted by Crippen LogP contribution is 2.06. The molecule has 0 aliphatic carbocycles. The lowest BCUT2D eigenvalue weighted by Crippen LogP contribution is -2.21. The molecule has 0 aliphatic heterocycles. The Morgan fingerprint density at radius 3 is 3.06 bits per heavy atom. The predicted octanol–water partition coefficient (Wildman–Crippen LogP) is 1.00. The molecule has 3 aromatic heterocycles. The maximum atomic E-state index is 11.9. The van der Waals surface area contributed by atoms with E-state index in [-0.39, 0.29) is 5.69 Å². The van der Waals surface area contributed by atoms with Crippen LogP contribution in [0.1, 0.15) is 4.88 Å². The number of hydrogen-bond donors (Lipinski definition) is 0. The van der Waals surface area contributed by atoms with E-state index in [0.29, 0.717) is 12.2 Å². The van der Waals surface area contributed by atoms with E-state index in [1.807, 2.05) is 18.2 Å². The predicted molar refractivity (Wildman–Crippen MR) is 60.7 cm³/mol. The molecule has 0 amide bonds. The average molecular weight is 232 g/mol. The molecule has 0 atom stereocenters. The molecule has 0 bridgehead atoms. The number of nitrogens with zero attached hydrogens (tertiary/aromatic N) is 4. The number of pyridine rings is 1. The monoisotopic (exact) mass is 232 g/mol. The van der Waals surface area contributed by atoms with Crippen molar-refractivity contribution in [2.24, 2.45) is 0 Å².